The van der Waals surface area contributed by atoms with E-state index in [0.717, 1.165) is 42.1 Å². The lowest BCUT2D eigenvalue weighted by Crippen LogP contribution is -2.29. The number of H-pyrrole nitrogens is 1. The molecule has 0 aromatic carbocycles. The van der Waals surface area contributed by atoms with Crippen LogP contribution in [0.5, 0.6) is 0 Å². The quantitative estimate of drug-likeness (QED) is 0.909. The first kappa shape index (κ1) is 11.7. The molecule has 1 N–H and O–H groups in total. The molecule has 1 saturated heterocycles. The highest BCUT2D eigenvalue weighted by Gasteiger charge is 2.37. The Kier molecular flexibility index (Phi) is 2.44. The fourth-order valence-electron chi connectivity index (χ4n) is 2.83. The maximum Gasteiger partial charge on any atom is 0.150 e. The number of aromatic nitrogens is 3. The number of hydrogen-bond acceptors (Lipinski definition) is 4. The summed E-state index contributed by atoms with van der Waals surface area (Å²) in [6, 6.07) is 1.89. The molecular weight excluding hydrogens is 254 g/mol. The van der Waals surface area contributed by atoms with Gasteiger partial charge in [-0.2, -0.15) is 0 Å². The maximum absolute atomic E-state index is 5.79. The molecule has 5 nitrogen and oxygen atoms in total. The first-order valence-corrected chi connectivity index (χ1v) is 6.71. The van der Waals surface area contributed by atoms with Gasteiger partial charge in [0.25, 0.3) is 0 Å². The molecule has 102 valence electrons. The van der Waals surface area contributed by atoms with E-state index in [1.165, 1.54) is 5.57 Å². The van der Waals surface area contributed by atoms with Gasteiger partial charge in [-0.05, 0) is 17.7 Å². The van der Waals surface area contributed by atoms with Gasteiger partial charge in [0.2, 0.25) is 0 Å². The topological polar surface area (TPSA) is 60.0 Å². The average molecular weight is 269 g/mol. The summed E-state index contributed by atoms with van der Waals surface area (Å²) in [6.07, 6.45) is 9.49. The Morgan fingerprint density at radius 1 is 1.45 bits per heavy atom. The summed E-state index contributed by atoms with van der Waals surface area (Å²) >= 11 is 0. The van der Waals surface area contributed by atoms with E-state index in [1.54, 1.807) is 19.5 Å². The third kappa shape index (κ3) is 1.59. The first-order valence-electron chi connectivity index (χ1n) is 6.71. The zero-order valence-corrected chi connectivity index (χ0v) is 11.2. The van der Waals surface area contributed by atoms with Crippen LogP contribution < -0.4 is 0 Å². The highest BCUT2D eigenvalue weighted by Crippen LogP contribution is 2.40. The van der Waals surface area contributed by atoms with E-state index in [4.69, 9.17) is 9.47 Å². The van der Waals surface area contributed by atoms with Gasteiger partial charge in [0, 0.05) is 26.1 Å². The van der Waals surface area contributed by atoms with Gasteiger partial charge in [0.15, 0.2) is 5.60 Å². The third-order valence-electron chi connectivity index (χ3n) is 4.01. The van der Waals surface area contributed by atoms with Crippen molar-refractivity contribution in [3.63, 3.8) is 0 Å². The lowest BCUT2D eigenvalue weighted by molar-refractivity contribution is 0.0200. The van der Waals surface area contributed by atoms with Crippen LogP contribution in [-0.4, -0.2) is 28.7 Å². The van der Waals surface area contributed by atoms with Gasteiger partial charge in [-0.3, -0.25) is 4.98 Å². The van der Waals surface area contributed by atoms with E-state index in [1.807, 2.05) is 12.1 Å². The van der Waals surface area contributed by atoms with Crippen molar-refractivity contribution in [3.8, 4) is 0 Å². The Morgan fingerprint density at radius 2 is 2.40 bits per heavy atom. The molecule has 1 aliphatic carbocycles. The zero-order valence-electron chi connectivity index (χ0n) is 11.2. The third-order valence-corrected chi connectivity index (χ3v) is 4.01. The number of nitrogens with one attached hydrogen (secondary N) is 1. The fraction of sp³-hybridized carbons (Fsp3) is 0.333. The van der Waals surface area contributed by atoms with E-state index in [-0.39, 0.29) is 0 Å². The molecule has 2 aromatic heterocycles. The van der Waals surface area contributed by atoms with Gasteiger partial charge in [-0.1, -0.05) is 6.08 Å². The van der Waals surface area contributed by atoms with Crippen LogP contribution in [0.25, 0.3) is 11.0 Å². The molecule has 0 radical (unpaired) electrons. The second kappa shape index (κ2) is 4.18. The summed E-state index contributed by atoms with van der Waals surface area (Å²) in [4.78, 5) is 12.1. The fourth-order valence-corrected chi connectivity index (χ4v) is 2.83. The number of pyridine rings is 1. The Hall–Kier alpha value is -2.14. The minimum atomic E-state index is -0.581. The van der Waals surface area contributed by atoms with Crippen molar-refractivity contribution in [2.45, 2.75) is 18.4 Å². The van der Waals surface area contributed by atoms with E-state index in [9.17, 15) is 0 Å². The predicted molar refractivity (Wildman–Crippen MR) is 73.9 cm³/mol. The van der Waals surface area contributed by atoms with E-state index < -0.39 is 5.60 Å². The Morgan fingerprint density at radius 3 is 3.25 bits per heavy atom. The number of nitrogens with zero attached hydrogens (tertiary/aromatic N) is 2. The Balaban J connectivity index is 1.84. The monoisotopic (exact) mass is 269 g/mol. The van der Waals surface area contributed by atoms with Crippen molar-refractivity contribution < 1.29 is 9.47 Å². The molecule has 1 unspecified atom stereocenters. The molecule has 20 heavy (non-hydrogen) atoms. The largest absolute Gasteiger partial charge is 0.493 e. The second-order valence-corrected chi connectivity index (χ2v) is 5.11. The minimum Gasteiger partial charge on any atom is -0.493 e. The predicted octanol–water partition coefficient (Wildman–Crippen LogP) is 2.43. The van der Waals surface area contributed by atoms with Crippen molar-refractivity contribution in [2.75, 3.05) is 13.7 Å². The van der Waals surface area contributed by atoms with Crippen LogP contribution in [0.4, 0.5) is 0 Å². The normalized spacial score (nSPS) is 25.1. The number of hydrogen-bond donors (Lipinski definition) is 1. The molecule has 0 amide bonds. The summed E-state index contributed by atoms with van der Waals surface area (Å²) in [5.41, 5.74) is 2.50. The second-order valence-electron chi connectivity index (χ2n) is 5.11. The number of fused-ring (bicyclic) bond motifs is 2. The van der Waals surface area contributed by atoms with Gasteiger partial charge in [0.05, 0.1) is 23.8 Å². The lowest BCUT2D eigenvalue weighted by atomic mass is 9.90. The molecule has 2 aromatic rings. The van der Waals surface area contributed by atoms with Gasteiger partial charge in [-0.25, -0.2) is 4.98 Å². The van der Waals surface area contributed by atoms with Crippen LogP contribution in [0, 0.1) is 0 Å². The van der Waals surface area contributed by atoms with Crippen molar-refractivity contribution in [2.24, 2.45) is 0 Å². The summed E-state index contributed by atoms with van der Waals surface area (Å²) < 4.78 is 11.5. The molecular formula is C15H15N3O2. The number of methoxy groups -OCH3 is 1. The van der Waals surface area contributed by atoms with Gasteiger partial charge in [0.1, 0.15) is 11.6 Å². The van der Waals surface area contributed by atoms with Gasteiger partial charge < -0.3 is 14.5 Å². The standard InChI is InChI=1S/C15H15N3O2/c1-19-15(5-2-10-4-7-20-13(10)8-15)14-17-11-3-6-16-9-12(11)18-14/h2-3,6,8-9H,4-5,7H2,1H3,(H,17,18). The highest BCUT2D eigenvalue weighted by atomic mass is 16.5. The zero-order chi connectivity index (χ0) is 13.6. The highest BCUT2D eigenvalue weighted by molar-refractivity contribution is 5.73. The molecule has 2 aliphatic rings. The van der Waals surface area contributed by atoms with E-state index in [2.05, 4.69) is 21.0 Å². The maximum atomic E-state index is 5.79. The van der Waals surface area contributed by atoms with Crippen LogP contribution >= 0.6 is 0 Å². The SMILES string of the molecule is COC1(c2nc3ccncc3[nH]2)C=C2OCCC2=CC1. The summed E-state index contributed by atoms with van der Waals surface area (Å²) in [5.74, 6) is 1.72. The smallest absolute Gasteiger partial charge is 0.150 e. The van der Waals surface area contributed by atoms with E-state index in [0.29, 0.717) is 0 Å². The Labute approximate surface area is 116 Å². The van der Waals surface area contributed by atoms with Crippen LogP contribution in [0.1, 0.15) is 18.7 Å². The van der Waals surface area contributed by atoms with Crippen LogP contribution in [0.2, 0.25) is 0 Å². The van der Waals surface area contributed by atoms with Crippen LogP contribution in [0.3, 0.4) is 0 Å². The van der Waals surface area contributed by atoms with Crippen LogP contribution in [0.15, 0.2) is 41.9 Å². The average Bonchev–Trinajstić information content (AvgIpc) is 3.12. The molecule has 0 bridgehead atoms. The molecule has 4 rings (SSSR count). The number of aromatic amines is 1. The van der Waals surface area contributed by atoms with Crippen molar-refractivity contribution in [1.29, 1.82) is 0 Å². The molecule has 3 heterocycles. The molecule has 0 saturated carbocycles. The summed E-state index contributed by atoms with van der Waals surface area (Å²) in [5, 5.41) is 0. The van der Waals surface area contributed by atoms with E-state index >= 15 is 0 Å². The first-order chi connectivity index (χ1) is 9.81. The minimum absolute atomic E-state index is 0.581. The molecule has 1 aliphatic heterocycles. The number of ether oxygens (including phenoxy) is 2. The van der Waals surface area contributed by atoms with Crippen molar-refractivity contribution in [3.05, 3.63) is 47.8 Å². The molecule has 1 fully saturated rings. The van der Waals surface area contributed by atoms with Gasteiger partial charge >= 0.3 is 0 Å². The number of imidazole rings is 1. The number of allylic oxidation sites excluding steroid dienone is 1. The Bertz CT molecular complexity index is 699. The van der Waals surface area contributed by atoms with Gasteiger partial charge in [-0.15, -0.1) is 0 Å². The molecule has 5 heteroatoms. The molecule has 0 spiro atoms. The molecule has 1 atom stereocenters. The van der Waals surface area contributed by atoms with Crippen molar-refractivity contribution in [1.82, 2.24) is 15.0 Å². The lowest BCUT2D eigenvalue weighted by Gasteiger charge is -2.29. The van der Waals surface area contributed by atoms with Crippen molar-refractivity contribution >= 4 is 11.0 Å². The van der Waals surface area contributed by atoms with Crippen LogP contribution in [-0.2, 0) is 15.1 Å². The number of rotatable bonds is 2. The summed E-state index contributed by atoms with van der Waals surface area (Å²) in [7, 11) is 1.70. The summed E-state index contributed by atoms with van der Waals surface area (Å²) in [6.45, 7) is 0.751.